The maximum atomic E-state index is 12.1. The van der Waals surface area contributed by atoms with Gasteiger partial charge in [-0.3, -0.25) is 4.79 Å². The van der Waals surface area contributed by atoms with Crippen molar-refractivity contribution in [3.05, 3.63) is 46.6 Å². The van der Waals surface area contributed by atoms with Gasteiger partial charge in [0.15, 0.2) is 5.82 Å². The Balaban J connectivity index is 1.61. The highest BCUT2D eigenvalue weighted by molar-refractivity contribution is 6.30. The van der Waals surface area contributed by atoms with Gasteiger partial charge in [-0.05, 0) is 30.5 Å². The van der Waals surface area contributed by atoms with E-state index in [1.807, 2.05) is 36.1 Å². The number of likely N-dealkylation sites (tertiary alicyclic amines) is 1. The summed E-state index contributed by atoms with van der Waals surface area (Å²) in [6, 6.07) is 7.75. The topological polar surface area (TPSA) is 59.2 Å². The van der Waals surface area contributed by atoms with E-state index in [9.17, 15) is 4.79 Å². The largest absolute Gasteiger partial charge is 0.342 e. The van der Waals surface area contributed by atoms with Crippen LogP contribution in [0.3, 0.4) is 0 Å². The molecule has 3 rings (SSSR count). The molecule has 0 radical (unpaired) electrons. The van der Waals surface area contributed by atoms with Crippen molar-refractivity contribution < 1.29 is 9.32 Å². The van der Waals surface area contributed by atoms with Crippen LogP contribution in [0, 0.1) is 0 Å². The molecule has 0 saturated carbocycles. The number of halogens is 1. The van der Waals surface area contributed by atoms with Crippen LogP contribution in [0.5, 0.6) is 0 Å². The molecule has 1 atom stereocenters. The molecule has 122 valence electrons. The lowest BCUT2D eigenvalue weighted by Crippen LogP contribution is -2.40. The molecule has 5 nitrogen and oxygen atoms in total. The number of carbonyl (C=O) groups is 1. The van der Waals surface area contributed by atoms with Crippen LogP contribution in [0.15, 0.2) is 28.8 Å². The maximum absolute atomic E-state index is 12.1. The lowest BCUT2D eigenvalue weighted by Gasteiger charge is -2.31. The van der Waals surface area contributed by atoms with E-state index >= 15 is 0 Å². The van der Waals surface area contributed by atoms with E-state index in [1.54, 1.807) is 0 Å². The van der Waals surface area contributed by atoms with Crippen LogP contribution in [0.2, 0.25) is 5.02 Å². The highest BCUT2D eigenvalue weighted by Gasteiger charge is 2.29. The standard InChI is InChI=1S/C17H20ClN3O2/c1-2-15-19-17(23-20-15)13-5-8-16(22)21(11-13)10-9-12-3-6-14(18)7-4-12/h3-4,6-7,13H,2,5,8-11H2,1H3/t13-/m0/s1. The first kappa shape index (κ1) is 16.0. The molecule has 1 aromatic carbocycles. The van der Waals surface area contributed by atoms with E-state index in [-0.39, 0.29) is 11.8 Å². The summed E-state index contributed by atoms with van der Waals surface area (Å²) >= 11 is 5.90. The van der Waals surface area contributed by atoms with Crippen LogP contribution in [0.25, 0.3) is 0 Å². The van der Waals surface area contributed by atoms with Crippen molar-refractivity contribution in [2.45, 2.75) is 38.5 Å². The van der Waals surface area contributed by atoms with Gasteiger partial charge in [0.05, 0.1) is 5.92 Å². The molecule has 0 bridgehead atoms. The second-order valence-electron chi connectivity index (χ2n) is 5.85. The van der Waals surface area contributed by atoms with Crippen LogP contribution in [0.4, 0.5) is 0 Å². The SMILES string of the molecule is CCc1noc([C@H]2CCC(=O)N(CCc3ccc(Cl)cc3)C2)n1. The van der Waals surface area contributed by atoms with Crippen molar-refractivity contribution in [2.75, 3.05) is 13.1 Å². The predicted octanol–water partition coefficient (Wildman–Crippen LogP) is 3.23. The van der Waals surface area contributed by atoms with Gasteiger partial charge in [-0.25, -0.2) is 0 Å². The summed E-state index contributed by atoms with van der Waals surface area (Å²) in [5.74, 6) is 1.73. The molecule has 0 N–H and O–H groups in total. The van der Waals surface area contributed by atoms with Gasteiger partial charge in [-0.2, -0.15) is 4.98 Å². The Labute approximate surface area is 140 Å². The first-order chi connectivity index (χ1) is 11.2. The number of benzene rings is 1. The van der Waals surface area contributed by atoms with E-state index in [0.29, 0.717) is 25.4 Å². The number of nitrogens with zero attached hydrogens (tertiary/aromatic N) is 3. The van der Waals surface area contributed by atoms with E-state index < -0.39 is 0 Å². The van der Waals surface area contributed by atoms with Crippen molar-refractivity contribution >= 4 is 17.5 Å². The molecule has 0 unspecified atom stereocenters. The molecular formula is C17H20ClN3O2. The minimum Gasteiger partial charge on any atom is -0.342 e. The molecule has 2 aromatic rings. The van der Waals surface area contributed by atoms with Gasteiger partial charge in [-0.15, -0.1) is 0 Å². The summed E-state index contributed by atoms with van der Waals surface area (Å²) in [6.07, 6.45) is 2.89. The highest BCUT2D eigenvalue weighted by atomic mass is 35.5. The van der Waals surface area contributed by atoms with Crippen molar-refractivity contribution in [3.63, 3.8) is 0 Å². The van der Waals surface area contributed by atoms with Crippen LogP contribution in [-0.2, 0) is 17.6 Å². The Hall–Kier alpha value is -1.88. The molecule has 1 saturated heterocycles. The zero-order valence-corrected chi connectivity index (χ0v) is 13.9. The van der Waals surface area contributed by atoms with Gasteiger partial charge < -0.3 is 9.42 Å². The number of aromatic nitrogens is 2. The van der Waals surface area contributed by atoms with Gasteiger partial charge in [-0.1, -0.05) is 35.8 Å². The molecule has 2 heterocycles. The Kier molecular flexibility index (Phi) is 4.96. The number of carbonyl (C=O) groups excluding carboxylic acids is 1. The fourth-order valence-corrected chi connectivity index (χ4v) is 2.95. The number of amides is 1. The summed E-state index contributed by atoms with van der Waals surface area (Å²) in [5.41, 5.74) is 1.18. The van der Waals surface area contributed by atoms with Crippen molar-refractivity contribution in [2.24, 2.45) is 0 Å². The second kappa shape index (κ2) is 7.13. The minimum atomic E-state index is 0.144. The van der Waals surface area contributed by atoms with Crippen LogP contribution in [-0.4, -0.2) is 34.0 Å². The van der Waals surface area contributed by atoms with Crippen molar-refractivity contribution in [1.82, 2.24) is 15.0 Å². The van der Waals surface area contributed by atoms with E-state index in [2.05, 4.69) is 10.1 Å². The van der Waals surface area contributed by atoms with Crippen molar-refractivity contribution in [1.29, 1.82) is 0 Å². The number of aryl methyl sites for hydroxylation is 1. The first-order valence-electron chi connectivity index (χ1n) is 8.00. The third-order valence-corrected chi connectivity index (χ3v) is 4.49. The number of hydrogen-bond donors (Lipinski definition) is 0. The van der Waals surface area contributed by atoms with Gasteiger partial charge in [0.1, 0.15) is 0 Å². The van der Waals surface area contributed by atoms with Crippen molar-refractivity contribution in [3.8, 4) is 0 Å². The van der Waals surface area contributed by atoms with Gasteiger partial charge in [0.2, 0.25) is 11.8 Å². The van der Waals surface area contributed by atoms with Gasteiger partial charge in [0.25, 0.3) is 0 Å². The Morgan fingerprint density at radius 1 is 1.35 bits per heavy atom. The predicted molar refractivity (Wildman–Crippen MR) is 87.4 cm³/mol. The molecule has 1 aromatic heterocycles. The minimum absolute atomic E-state index is 0.144. The summed E-state index contributed by atoms with van der Waals surface area (Å²) in [5, 5.41) is 4.68. The zero-order valence-electron chi connectivity index (χ0n) is 13.2. The number of rotatable bonds is 5. The molecule has 1 aliphatic rings. The maximum Gasteiger partial charge on any atom is 0.231 e. The molecule has 1 fully saturated rings. The molecule has 6 heteroatoms. The average molecular weight is 334 g/mol. The lowest BCUT2D eigenvalue weighted by atomic mass is 9.97. The summed E-state index contributed by atoms with van der Waals surface area (Å²) in [7, 11) is 0. The zero-order chi connectivity index (χ0) is 16.2. The molecule has 0 aliphatic carbocycles. The van der Waals surface area contributed by atoms with Gasteiger partial charge in [0, 0.05) is 31.0 Å². The molecule has 0 spiro atoms. The van der Waals surface area contributed by atoms with E-state index in [1.165, 1.54) is 5.56 Å². The first-order valence-corrected chi connectivity index (χ1v) is 8.38. The van der Waals surface area contributed by atoms with E-state index in [0.717, 1.165) is 30.1 Å². The average Bonchev–Trinajstić information content (AvgIpc) is 3.05. The fraction of sp³-hybridized carbons (Fsp3) is 0.471. The summed E-state index contributed by atoms with van der Waals surface area (Å²) in [6.45, 7) is 3.35. The second-order valence-corrected chi connectivity index (χ2v) is 6.29. The molecule has 23 heavy (non-hydrogen) atoms. The fourth-order valence-electron chi connectivity index (χ4n) is 2.82. The molecule has 1 amide bonds. The normalized spacial score (nSPS) is 18.4. The smallest absolute Gasteiger partial charge is 0.231 e. The monoisotopic (exact) mass is 333 g/mol. The highest BCUT2D eigenvalue weighted by Crippen LogP contribution is 2.26. The Bertz CT molecular complexity index is 669. The molecular weight excluding hydrogens is 314 g/mol. The molecule has 1 aliphatic heterocycles. The third kappa shape index (κ3) is 3.91. The third-order valence-electron chi connectivity index (χ3n) is 4.23. The van der Waals surface area contributed by atoms with E-state index in [4.69, 9.17) is 16.1 Å². The Morgan fingerprint density at radius 3 is 2.83 bits per heavy atom. The summed E-state index contributed by atoms with van der Waals surface area (Å²) < 4.78 is 5.34. The number of hydrogen-bond acceptors (Lipinski definition) is 4. The van der Waals surface area contributed by atoms with Crippen LogP contribution in [0.1, 0.15) is 43.0 Å². The van der Waals surface area contributed by atoms with Crippen LogP contribution < -0.4 is 0 Å². The Morgan fingerprint density at radius 2 is 2.13 bits per heavy atom. The van der Waals surface area contributed by atoms with Crippen LogP contribution >= 0.6 is 11.6 Å². The number of piperidine rings is 1. The lowest BCUT2D eigenvalue weighted by molar-refractivity contribution is -0.133. The van der Waals surface area contributed by atoms with Gasteiger partial charge >= 0.3 is 0 Å². The summed E-state index contributed by atoms with van der Waals surface area (Å²) in [4.78, 5) is 18.5. The quantitative estimate of drug-likeness (QED) is 0.842.